The second-order valence-corrected chi connectivity index (χ2v) is 9.09. The van der Waals surface area contributed by atoms with Crippen LogP contribution in [0.1, 0.15) is 33.2 Å². The van der Waals surface area contributed by atoms with E-state index in [9.17, 15) is 9.59 Å². The molecular formula is C30H26N4O4. The Morgan fingerprint density at radius 2 is 1.71 bits per heavy atom. The number of para-hydroxylation sites is 1. The van der Waals surface area contributed by atoms with Crippen molar-refractivity contribution < 1.29 is 14.3 Å². The maximum Gasteiger partial charge on any atom is 0.278 e. The van der Waals surface area contributed by atoms with Crippen molar-refractivity contribution in [2.75, 3.05) is 24.8 Å². The summed E-state index contributed by atoms with van der Waals surface area (Å²) >= 11 is 0. The molecule has 0 fully saturated rings. The van der Waals surface area contributed by atoms with Crippen molar-refractivity contribution in [2.24, 2.45) is 0 Å². The SMILES string of the molecule is O=C1c2c(OCc3ccccc3)c(=O)ccn2N2CN1C/C=C\COc1ccccc1C2c1ccncc1. The highest BCUT2D eigenvalue weighted by Gasteiger charge is 2.37. The summed E-state index contributed by atoms with van der Waals surface area (Å²) < 4.78 is 14.0. The van der Waals surface area contributed by atoms with E-state index in [4.69, 9.17) is 9.47 Å². The van der Waals surface area contributed by atoms with E-state index in [1.54, 1.807) is 28.2 Å². The molecule has 2 bridgehead atoms. The average Bonchev–Trinajstić information content (AvgIpc) is 2.99. The normalized spacial score (nSPS) is 17.5. The molecule has 0 saturated heterocycles. The Kier molecular flexibility index (Phi) is 6.35. The van der Waals surface area contributed by atoms with Crippen LogP contribution in [0.15, 0.2) is 108 Å². The van der Waals surface area contributed by atoms with Gasteiger partial charge in [-0.1, -0.05) is 54.6 Å². The van der Waals surface area contributed by atoms with Gasteiger partial charge in [0.1, 0.15) is 31.7 Å². The number of hydrogen-bond acceptors (Lipinski definition) is 6. The number of pyridine rings is 2. The smallest absolute Gasteiger partial charge is 0.278 e. The van der Waals surface area contributed by atoms with Gasteiger partial charge in [0.25, 0.3) is 5.91 Å². The molecule has 1 unspecified atom stereocenters. The van der Waals surface area contributed by atoms with Crippen LogP contribution in [0.3, 0.4) is 0 Å². The maximum atomic E-state index is 13.8. The summed E-state index contributed by atoms with van der Waals surface area (Å²) in [5, 5.41) is 2.06. The third-order valence-corrected chi connectivity index (χ3v) is 6.70. The predicted octanol–water partition coefficient (Wildman–Crippen LogP) is 3.91. The molecular weight excluding hydrogens is 480 g/mol. The second-order valence-electron chi connectivity index (χ2n) is 9.09. The molecule has 8 nitrogen and oxygen atoms in total. The first-order chi connectivity index (χ1) is 18.7. The molecule has 2 aromatic carbocycles. The van der Waals surface area contributed by atoms with Gasteiger partial charge in [0.15, 0.2) is 11.4 Å². The van der Waals surface area contributed by atoms with Crippen molar-refractivity contribution in [3.63, 3.8) is 0 Å². The highest BCUT2D eigenvalue weighted by molar-refractivity contribution is 5.96. The van der Waals surface area contributed by atoms with E-state index in [0.717, 1.165) is 22.4 Å². The highest BCUT2D eigenvalue weighted by Crippen LogP contribution is 2.36. The Bertz CT molecular complexity index is 1540. The van der Waals surface area contributed by atoms with Crippen LogP contribution >= 0.6 is 0 Å². The Hall–Kier alpha value is -4.85. The van der Waals surface area contributed by atoms with Crippen molar-refractivity contribution >= 4 is 5.91 Å². The summed E-state index contributed by atoms with van der Waals surface area (Å²) in [5.41, 5.74) is 2.66. The van der Waals surface area contributed by atoms with Gasteiger partial charge in [0, 0.05) is 36.8 Å². The van der Waals surface area contributed by atoms with E-state index in [-0.39, 0.29) is 35.4 Å². The lowest BCUT2D eigenvalue weighted by Crippen LogP contribution is -2.55. The van der Waals surface area contributed by atoms with Crippen molar-refractivity contribution in [1.82, 2.24) is 14.6 Å². The molecule has 0 aliphatic carbocycles. The predicted molar refractivity (Wildman–Crippen MR) is 143 cm³/mol. The van der Waals surface area contributed by atoms with Gasteiger partial charge >= 0.3 is 0 Å². The van der Waals surface area contributed by atoms with Crippen molar-refractivity contribution in [2.45, 2.75) is 12.6 Å². The Balaban J connectivity index is 1.54. The van der Waals surface area contributed by atoms with Crippen LogP contribution < -0.4 is 19.9 Å². The van der Waals surface area contributed by atoms with E-state index >= 15 is 0 Å². The third kappa shape index (κ3) is 4.41. The number of carbonyl (C=O) groups is 1. The van der Waals surface area contributed by atoms with Crippen LogP contribution in [-0.2, 0) is 6.61 Å². The van der Waals surface area contributed by atoms with E-state index in [1.807, 2.05) is 78.9 Å². The van der Waals surface area contributed by atoms with Gasteiger partial charge in [-0.25, -0.2) is 0 Å². The number of ether oxygens (including phenoxy) is 2. The molecule has 6 rings (SSSR count). The first kappa shape index (κ1) is 23.5. The Morgan fingerprint density at radius 3 is 2.55 bits per heavy atom. The van der Waals surface area contributed by atoms with Crippen molar-refractivity contribution in [3.8, 4) is 11.5 Å². The molecule has 2 aromatic heterocycles. The summed E-state index contributed by atoms with van der Waals surface area (Å²) in [7, 11) is 0. The summed E-state index contributed by atoms with van der Waals surface area (Å²) in [6.45, 7) is 1.20. The summed E-state index contributed by atoms with van der Waals surface area (Å²) in [6.07, 6.45) is 8.96. The monoisotopic (exact) mass is 506 g/mol. The van der Waals surface area contributed by atoms with Crippen molar-refractivity contribution in [1.29, 1.82) is 0 Å². The van der Waals surface area contributed by atoms with Gasteiger partial charge in [0.2, 0.25) is 5.43 Å². The van der Waals surface area contributed by atoms with Crippen LogP contribution in [0.4, 0.5) is 0 Å². The van der Waals surface area contributed by atoms with Gasteiger partial charge in [-0.3, -0.25) is 24.3 Å². The average molecular weight is 507 g/mol. The largest absolute Gasteiger partial charge is 0.489 e. The molecule has 190 valence electrons. The molecule has 1 atom stereocenters. The van der Waals surface area contributed by atoms with Crippen LogP contribution in [0.5, 0.6) is 11.5 Å². The number of amides is 1. The van der Waals surface area contributed by atoms with Crippen LogP contribution in [0, 0.1) is 0 Å². The Morgan fingerprint density at radius 1 is 0.921 bits per heavy atom. The number of benzene rings is 2. The molecule has 4 heterocycles. The molecule has 0 saturated carbocycles. The van der Waals surface area contributed by atoms with Gasteiger partial charge in [-0.15, -0.1) is 0 Å². The zero-order valence-electron chi connectivity index (χ0n) is 20.6. The molecule has 4 aromatic rings. The fourth-order valence-corrected chi connectivity index (χ4v) is 4.89. The molecule has 0 N–H and O–H groups in total. The number of aromatic nitrogens is 2. The second kappa shape index (κ2) is 10.3. The molecule has 1 amide bonds. The van der Waals surface area contributed by atoms with Crippen LogP contribution in [0.2, 0.25) is 0 Å². The number of nitrogens with zero attached hydrogens (tertiary/aromatic N) is 4. The standard InChI is InChI=1S/C30H26N4O4/c35-25-14-18-33-28(29(25)38-20-22-8-2-1-3-9-22)30(36)32-17-6-7-19-37-26-11-5-4-10-24(26)27(34(33)21-32)23-12-15-31-16-13-23/h1-16,18,27H,17,19-21H2/b7-6-. The highest BCUT2D eigenvalue weighted by atomic mass is 16.5. The summed E-state index contributed by atoms with van der Waals surface area (Å²) in [4.78, 5) is 32.8. The van der Waals surface area contributed by atoms with Gasteiger partial charge < -0.3 is 14.4 Å². The zero-order valence-corrected chi connectivity index (χ0v) is 20.6. The maximum absolute atomic E-state index is 13.8. The van der Waals surface area contributed by atoms with E-state index < -0.39 is 0 Å². The first-order valence-corrected chi connectivity index (χ1v) is 12.5. The fourth-order valence-electron chi connectivity index (χ4n) is 4.89. The van der Waals surface area contributed by atoms with E-state index in [0.29, 0.717) is 19.8 Å². The lowest BCUT2D eigenvalue weighted by Gasteiger charge is -2.44. The number of fused-ring (bicyclic) bond motifs is 5. The molecule has 0 radical (unpaired) electrons. The lowest BCUT2D eigenvalue weighted by molar-refractivity contribution is 0.0698. The van der Waals surface area contributed by atoms with Gasteiger partial charge in [-0.05, 0) is 35.4 Å². The summed E-state index contributed by atoms with van der Waals surface area (Å²) in [6, 6.07) is 22.5. The molecule has 0 spiro atoms. The van der Waals surface area contributed by atoms with E-state index in [1.165, 1.54) is 6.07 Å². The number of carbonyl (C=O) groups excluding carboxylic acids is 1. The van der Waals surface area contributed by atoms with Gasteiger partial charge in [-0.2, -0.15) is 0 Å². The molecule has 8 heteroatoms. The zero-order chi connectivity index (χ0) is 25.9. The minimum absolute atomic E-state index is 0.0351. The fraction of sp³-hybridized carbons (Fsp3) is 0.167. The molecule has 2 aliphatic heterocycles. The summed E-state index contributed by atoms with van der Waals surface area (Å²) in [5.74, 6) is 0.508. The van der Waals surface area contributed by atoms with Crippen LogP contribution in [0.25, 0.3) is 0 Å². The first-order valence-electron chi connectivity index (χ1n) is 12.5. The quantitative estimate of drug-likeness (QED) is 0.391. The minimum Gasteiger partial charge on any atom is -0.489 e. The molecule has 2 aliphatic rings. The third-order valence-electron chi connectivity index (χ3n) is 6.70. The topological polar surface area (TPSA) is 76.9 Å². The number of rotatable bonds is 4. The van der Waals surface area contributed by atoms with Crippen LogP contribution in [-0.4, -0.2) is 40.3 Å². The lowest BCUT2D eigenvalue weighted by atomic mass is 9.98. The van der Waals surface area contributed by atoms with E-state index in [2.05, 4.69) is 9.99 Å². The van der Waals surface area contributed by atoms with Crippen molar-refractivity contribution in [3.05, 3.63) is 136 Å². The minimum atomic E-state index is -0.342. The Labute approximate surface area is 220 Å². The van der Waals surface area contributed by atoms with Gasteiger partial charge in [0.05, 0.1) is 0 Å². The molecule has 38 heavy (non-hydrogen) atoms. The number of hydrogen-bond donors (Lipinski definition) is 0.